The highest BCUT2D eigenvalue weighted by atomic mass is 16.5. The molecule has 0 bridgehead atoms. The third kappa shape index (κ3) is 3.23. The summed E-state index contributed by atoms with van der Waals surface area (Å²) in [6.07, 6.45) is 3.26. The number of amides is 1. The molecule has 7 nitrogen and oxygen atoms in total. The minimum Gasteiger partial charge on any atom is -0.497 e. The van der Waals surface area contributed by atoms with E-state index < -0.39 is 0 Å². The molecule has 2 aromatic heterocycles. The molecule has 118 valence electrons. The zero-order chi connectivity index (χ0) is 16.2. The van der Waals surface area contributed by atoms with Crippen LogP contribution in [-0.2, 0) is 6.54 Å². The zero-order valence-corrected chi connectivity index (χ0v) is 12.8. The lowest BCUT2D eigenvalue weighted by molar-refractivity contribution is 0.0949. The Morgan fingerprint density at radius 1 is 1.30 bits per heavy atom. The lowest BCUT2D eigenvalue weighted by Crippen LogP contribution is -2.23. The summed E-state index contributed by atoms with van der Waals surface area (Å²) in [4.78, 5) is 12.0. The lowest BCUT2D eigenvalue weighted by Gasteiger charge is -2.02. The maximum atomic E-state index is 12.0. The van der Waals surface area contributed by atoms with Gasteiger partial charge in [0, 0.05) is 0 Å². The van der Waals surface area contributed by atoms with Gasteiger partial charge in [-0.05, 0) is 37.3 Å². The summed E-state index contributed by atoms with van der Waals surface area (Å²) in [7, 11) is 1.62. The molecule has 0 aliphatic carbocycles. The fourth-order valence-electron chi connectivity index (χ4n) is 2.13. The summed E-state index contributed by atoms with van der Waals surface area (Å²) >= 11 is 0. The Morgan fingerprint density at radius 2 is 2.09 bits per heavy atom. The molecule has 0 saturated heterocycles. The quantitative estimate of drug-likeness (QED) is 0.780. The van der Waals surface area contributed by atoms with Gasteiger partial charge >= 0.3 is 0 Å². The molecule has 7 heteroatoms. The highest BCUT2D eigenvalue weighted by Gasteiger charge is 2.12. The number of rotatable bonds is 5. The summed E-state index contributed by atoms with van der Waals surface area (Å²) in [5, 5.41) is 10.9. The summed E-state index contributed by atoms with van der Waals surface area (Å²) in [6, 6.07) is 9.09. The van der Waals surface area contributed by atoms with Gasteiger partial charge in [0.05, 0.1) is 37.4 Å². The van der Waals surface area contributed by atoms with Crippen LogP contribution in [0, 0.1) is 6.92 Å². The van der Waals surface area contributed by atoms with E-state index in [4.69, 9.17) is 9.15 Å². The molecule has 1 aromatic carbocycles. The summed E-state index contributed by atoms with van der Waals surface area (Å²) in [6.45, 7) is 2.04. The highest BCUT2D eigenvalue weighted by molar-refractivity contribution is 5.94. The molecule has 0 unspecified atom stereocenters. The first-order valence-corrected chi connectivity index (χ1v) is 7.05. The zero-order valence-electron chi connectivity index (χ0n) is 12.8. The molecule has 2 heterocycles. The molecule has 3 aromatic rings. The third-order valence-electron chi connectivity index (χ3n) is 3.41. The Hall–Kier alpha value is -3.09. The van der Waals surface area contributed by atoms with E-state index in [0.717, 1.165) is 11.4 Å². The van der Waals surface area contributed by atoms with Gasteiger partial charge in [-0.3, -0.25) is 4.79 Å². The number of nitrogens with zero attached hydrogens (tertiary/aromatic N) is 3. The molecule has 23 heavy (non-hydrogen) atoms. The first kappa shape index (κ1) is 14.8. The number of carbonyl (C=O) groups is 1. The Balaban J connectivity index is 1.65. The van der Waals surface area contributed by atoms with Crippen LogP contribution in [0.4, 0.5) is 0 Å². The van der Waals surface area contributed by atoms with Gasteiger partial charge in [0.1, 0.15) is 17.2 Å². The number of furan rings is 1. The van der Waals surface area contributed by atoms with Crippen molar-refractivity contribution in [2.24, 2.45) is 0 Å². The Bertz CT molecular complexity index is 805. The van der Waals surface area contributed by atoms with Gasteiger partial charge in [0.15, 0.2) is 0 Å². The van der Waals surface area contributed by atoms with Crippen molar-refractivity contribution in [3.8, 4) is 11.4 Å². The van der Waals surface area contributed by atoms with Crippen molar-refractivity contribution in [2.75, 3.05) is 7.11 Å². The molecule has 3 rings (SSSR count). The van der Waals surface area contributed by atoms with Crippen LogP contribution in [0.1, 0.15) is 21.8 Å². The van der Waals surface area contributed by atoms with Crippen LogP contribution >= 0.6 is 0 Å². The molecular weight excluding hydrogens is 296 g/mol. The van der Waals surface area contributed by atoms with Gasteiger partial charge in [0.25, 0.3) is 5.91 Å². The van der Waals surface area contributed by atoms with Gasteiger partial charge in [-0.15, -0.1) is 5.10 Å². The van der Waals surface area contributed by atoms with E-state index in [-0.39, 0.29) is 5.91 Å². The smallest absolute Gasteiger partial charge is 0.255 e. The second-order valence-electron chi connectivity index (χ2n) is 4.93. The average molecular weight is 312 g/mol. The number of hydrogen-bond acceptors (Lipinski definition) is 5. The number of hydrogen-bond donors (Lipinski definition) is 1. The number of aryl methyl sites for hydroxylation is 1. The molecule has 1 amide bonds. The van der Waals surface area contributed by atoms with Gasteiger partial charge in [0.2, 0.25) is 0 Å². The second kappa shape index (κ2) is 6.35. The number of ether oxygens (including phenoxy) is 1. The predicted molar refractivity (Wildman–Crippen MR) is 82.5 cm³/mol. The number of nitrogens with one attached hydrogen (secondary N) is 1. The van der Waals surface area contributed by atoms with Gasteiger partial charge in [-0.1, -0.05) is 5.21 Å². The Kier molecular flexibility index (Phi) is 4.09. The molecule has 1 N–H and O–H groups in total. The van der Waals surface area contributed by atoms with E-state index >= 15 is 0 Å². The number of benzene rings is 1. The Labute approximate surface area is 132 Å². The van der Waals surface area contributed by atoms with Crippen LogP contribution in [0.5, 0.6) is 5.75 Å². The average Bonchev–Trinajstić information content (AvgIpc) is 3.22. The molecule has 0 aliphatic heterocycles. The van der Waals surface area contributed by atoms with Gasteiger partial charge in [-0.2, -0.15) is 0 Å². The lowest BCUT2D eigenvalue weighted by atomic mass is 10.2. The van der Waals surface area contributed by atoms with E-state index in [1.165, 1.54) is 6.26 Å². The van der Waals surface area contributed by atoms with E-state index in [9.17, 15) is 4.79 Å². The first-order valence-electron chi connectivity index (χ1n) is 7.05. The molecule has 0 fully saturated rings. The summed E-state index contributed by atoms with van der Waals surface area (Å²) in [5.41, 5.74) is 2.05. The highest BCUT2D eigenvalue weighted by Crippen LogP contribution is 2.14. The minimum atomic E-state index is -0.199. The fraction of sp³-hybridized carbons (Fsp3) is 0.188. The molecule has 0 aliphatic rings. The second-order valence-corrected chi connectivity index (χ2v) is 4.93. The topological polar surface area (TPSA) is 82.2 Å². The first-order chi connectivity index (χ1) is 11.2. The van der Waals surface area contributed by atoms with Crippen molar-refractivity contribution >= 4 is 5.91 Å². The molecule has 0 saturated carbocycles. The minimum absolute atomic E-state index is 0.199. The summed E-state index contributed by atoms with van der Waals surface area (Å²) < 4.78 is 11.9. The number of carbonyl (C=O) groups excluding carboxylic acids is 1. The van der Waals surface area contributed by atoms with E-state index in [2.05, 4.69) is 15.6 Å². The van der Waals surface area contributed by atoms with Crippen LogP contribution in [0.25, 0.3) is 5.69 Å². The molecular formula is C16H16N4O3. The molecule has 0 atom stereocenters. The largest absolute Gasteiger partial charge is 0.497 e. The van der Waals surface area contributed by atoms with Crippen molar-refractivity contribution in [3.63, 3.8) is 0 Å². The van der Waals surface area contributed by atoms with Gasteiger partial charge < -0.3 is 14.5 Å². The van der Waals surface area contributed by atoms with Crippen LogP contribution in [0.2, 0.25) is 0 Å². The van der Waals surface area contributed by atoms with Crippen molar-refractivity contribution in [1.82, 2.24) is 20.3 Å². The van der Waals surface area contributed by atoms with Crippen LogP contribution in [0.15, 0.2) is 47.2 Å². The van der Waals surface area contributed by atoms with Crippen LogP contribution in [-0.4, -0.2) is 28.0 Å². The SMILES string of the molecule is COc1ccc(-n2cc(CNC(=O)c3ccoc3C)nn2)cc1. The molecule has 0 spiro atoms. The number of aromatic nitrogens is 3. The van der Waals surface area contributed by atoms with Crippen LogP contribution < -0.4 is 10.1 Å². The van der Waals surface area contributed by atoms with Crippen molar-refractivity contribution < 1.29 is 13.9 Å². The van der Waals surface area contributed by atoms with Crippen molar-refractivity contribution in [1.29, 1.82) is 0 Å². The summed E-state index contributed by atoms with van der Waals surface area (Å²) in [5.74, 6) is 1.16. The normalized spacial score (nSPS) is 10.5. The number of methoxy groups -OCH3 is 1. The van der Waals surface area contributed by atoms with Crippen LogP contribution in [0.3, 0.4) is 0 Å². The Morgan fingerprint density at radius 3 is 2.74 bits per heavy atom. The van der Waals surface area contributed by atoms with E-state index in [1.54, 1.807) is 31.0 Å². The fourth-order valence-corrected chi connectivity index (χ4v) is 2.13. The monoisotopic (exact) mass is 312 g/mol. The van der Waals surface area contributed by atoms with Crippen molar-refractivity contribution in [2.45, 2.75) is 13.5 Å². The maximum absolute atomic E-state index is 12.0. The molecule has 0 radical (unpaired) electrons. The van der Waals surface area contributed by atoms with E-state index in [1.807, 2.05) is 24.3 Å². The van der Waals surface area contributed by atoms with E-state index in [0.29, 0.717) is 23.6 Å². The maximum Gasteiger partial charge on any atom is 0.255 e. The van der Waals surface area contributed by atoms with Crippen molar-refractivity contribution in [3.05, 3.63) is 59.8 Å². The predicted octanol–water partition coefficient (Wildman–Crippen LogP) is 2.11. The standard InChI is InChI=1S/C16H16N4O3/c1-11-15(7-8-23-11)16(21)17-9-12-10-20(19-18-12)13-3-5-14(22-2)6-4-13/h3-8,10H,9H2,1-2H3,(H,17,21). The van der Waals surface area contributed by atoms with Gasteiger partial charge in [-0.25, -0.2) is 4.68 Å². The third-order valence-corrected chi connectivity index (χ3v) is 3.41.